The third kappa shape index (κ3) is 4.35. The fraction of sp³-hybridized carbons (Fsp3) is 0.357. The summed E-state index contributed by atoms with van der Waals surface area (Å²) < 4.78 is 27.3. The molecule has 2 aliphatic heterocycles. The zero-order valence-corrected chi connectivity index (χ0v) is 22.5. The van der Waals surface area contributed by atoms with E-state index in [0.717, 1.165) is 35.9 Å². The van der Waals surface area contributed by atoms with Crippen LogP contribution in [0.1, 0.15) is 44.2 Å². The molecule has 1 aromatic carbocycles. The first-order valence-electron chi connectivity index (χ1n) is 13.0. The van der Waals surface area contributed by atoms with Gasteiger partial charge in [0.25, 0.3) is 5.91 Å². The van der Waals surface area contributed by atoms with Gasteiger partial charge in [-0.25, -0.2) is 13.4 Å². The summed E-state index contributed by atoms with van der Waals surface area (Å²) in [5, 5.41) is 14.3. The number of pyridine rings is 1. The van der Waals surface area contributed by atoms with E-state index in [1.54, 1.807) is 17.3 Å². The van der Waals surface area contributed by atoms with Crippen LogP contribution in [0.4, 0.5) is 5.82 Å². The lowest BCUT2D eigenvalue weighted by Gasteiger charge is -2.39. The average molecular weight is 547 g/mol. The normalized spacial score (nSPS) is 21.8. The van der Waals surface area contributed by atoms with E-state index >= 15 is 0 Å². The van der Waals surface area contributed by atoms with Crippen molar-refractivity contribution in [2.75, 3.05) is 12.0 Å². The maximum absolute atomic E-state index is 13.0. The molecule has 0 unspecified atom stereocenters. The van der Waals surface area contributed by atoms with Crippen molar-refractivity contribution in [3.8, 4) is 22.4 Å². The fourth-order valence-electron chi connectivity index (χ4n) is 6.19. The monoisotopic (exact) mass is 546 g/mol. The molecule has 2 aliphatic rings. The zero-order chi connectivity index (χ0) is 27.5. The first-order chi connectivity index (χ1) is 18.6. The first-order valence-corrected chi connectivity index (χ1v) is 14.9. The SMILES string of the molecule is C[C@H](O)C(=O)N1[C@@H]2CC[C@H]1C[C@H](c1nc3c(-c4ccc(-c5ccccc5)nc4)cnn3c(N)c1S(C)(=O)=O)C2. The summed E-state index contributed by atoms with van der Waals surface area (Å²) in [5.41, 5.74) is 10.7. The number of nitrogens with two attached hydrogens (primary N) is 1. The highest BCUT2D eigenvalue weighted by Crippen LogP contribution is 2.45. The van der Waals surface area contributed by atoms with E-state index in [1.807, 2.05) is 42.5 Å². The van der Waals surface area contributed by atoms with Crippen LogP contribution in [0.5, 0.6) is 0 Å². The van der Waals surface area contributed by atoms with Crippen molar-refractivity contribution in [2.45, 2.75) is 61.6 Å². The molecule has 4 atom stereocenters. The lowest BCUT2D eigenvalue weighted by Crippen LogP contribution is -2.49. The highest BCUT2D eigenvalue weighted by atomic mass is 32.2. The van der Waals surface area contributed by atoms with Crippen molar-refractivity contribution in [1.29, 1.82) is 0 Å². The standard InChI is InChI=1S/C28H30N6O4S/c1-16(35)28(36)33-20-9-10-21(33)13-19(12-20)24-25(39(2,37)38)26(29)34-27(32-24)22(15-31-34)18-8-11-23(30-14-18)17-6-4-3-5-7-17/h3-8,11,14-16,19-21,35H,9-10,12-13,29H2,1-2H3/t16-,19-,20-,21+/m0/s1. The molecule has 5 heterocycles. The minimum atomic E-state index is -3.74. The zero-order valence-electron chi connectivity index (χ0n) is 21.7. The molecular formula is C28H30N6O4S. The quantitative estimate of drug-likeness (QED) is 0.389. The topological polar surface area (TPSA) is 144 Å². The maximum Gasteiger partial charge on any atom is 0.251 e. The molecule has 202 valence electrons. The number of aromatic nitrogens is 4. The number of anilines is 1. The minimum absolute atomic E-state index is 0.0121. The number of benzene rings is 1. The van der Waals surface area contributed by atoms with Crippen LogP contribution in [-0.4, -0.2) is 68.4 Å². The second-order valence-corrected chi connectivity index (χ2v) is 12.5. The third-order valence-electron chi connectivity index (χ3n) is 7.91. The van der Waals surface area contributed by atoms with Gasteiger partial charge in [-0.3, -0.25) is 9.78 Å². The number of aliphatic hydroxyl groups excluding tert-OH is 1. The van der Waals surface area contributed by atoms with Gasteiger partial charge in [0.15, 0.2) is 15.5 Å². The van der Waals surface area contributed by atoms with Gasteiger partial charge in [0.2, 0.25) is 0 Å². The van der Waals surface area contributed by atoms with Crippen LogP contribution >= 0.6 is 0 Å². The van der Waals surface area contributed by atoms with E-state index in [4.69, 9.17) is 10.7 Å². The van der Waals surface area contributed by atoms with Crippen molar-refractivity contribution in [2.24, 2.45) is 0 Å². The first kappa shape index (κ1) is 25.4. The highest BCUT2D eigenvalue weighted by molar-refractivity contribution is 7.91. The number of nitrogens with zero attached hydrogens (tertiary/aromatic N) is 5. The van der Waals surface area contributed by atoms with Crippen LogP contribution in [-0.2, 0) is 14.6 Å². The summed E-state index contributed by atoms with van der Waals surface area (Å²) in [5.74, 6) is -0.469. The van der Waals surface area contributed by atoms with Gasteiger partial charge in [-0.05, 0) is 38.7 Å². The van der Waals surface area contributed by atoms with Gasteiger partial charge in [-0.15, -0.1) is 0 Å². The molecule has 3 aromatic heterocycles. The molecule has 0 radical (unpaired) electrons. The lowest BCUT2D eigenvalue weighted by molar-refractivity contribution is -0.144. The number of nitrogen functional groups attached to an aromatic ring is 1. The number of amides is 1. The number of hydrogen-bond acceptors (Lipinski definition) is 8. The van der Waals surface area contributed by atoms with Crippen LogP contribution in [0.15, 0.2) is 59.8 Å². The fourth-order valence-corrected chi connectivity index (χ4v) is 7.25. The van der Waals surface area contributed by atoms with Gasteiger partial charge in [0.05, 0.1) is 17.6 Å². The van der Waals surface area contributed by atoms with E-state index < -0.39 is 15.9 Å². The molecule has 1 amide bonds. The summed E-state index contributed by atoms with van der Waals surface area (Å²) in [6, 6.07) is 13.6. The molecule has 39 heavy (non-hydrogen) atoms. The Morgan fingerprint density at radius 2 is 1.74 bits per heavy atom. The second-order valence-electron chi connectivity index (χ2n) is 10.6. The van der Waals surface area contributed by atoms with Gasteiger partial charge in [0.1, 0.15) is 16.8 Å². The Morgan fingerprint density at radius 3 is 2.33 bits per heavy atom. The number of carbonyl (C=O) groups excluding carboxylic acids is 1. The maximum atomic E-state index is 13.0. The molecule has 6 rings (SSSR count). The van der Waals surface area contributed by atoms with Gasteiger partial charge >= 0.3 is 0 Å². The van der Waals surface area contributed by atoms with Crippen molar-refractivity contribution >= 4 is 27.2 Å². The van der Waals surface area contributed by atoms with E-state index in [0.29, 0.717) is 29.7 Å². The number of sulfone groups is 1. The van der Waals surface area contributed by atoms with Gasteiger partial charge in [0, 0.05) is 47.1 Å². The molecule has 0 spiro atoms. The number of piperidine rings is 1. The molecule has 0 aliphatic carbocycles. The van der Waals surface area contributed by atoms with Crippen LogP contribution in [0.3, 0.4) is 0 Å². The number of aliphatic hydroxyl groups is 1. The lowest BCUT2D eigenvalue weighted by atomic mass is 9.87. The molecule has 2 saturated heterocycles. The Bertz CT molecular complexity index is 1650. The largest absolute Gasteiger partial charge is 0.384 e. The Hall–Kier alpha value is -3.83. The summed E-state index contributed by atoms with van der Waals surface area (Å²) in [6.07, 6.45) is 6.16. The summed E-state index contributed by atoms with van der Waals surface area (Å²) in [7, 11) is -3.74. The molecular weight excluding hydrogens is 516 g/mol. The molecule has 11 heteroatoms. The van der Waals surface area contributed by atoms with Crippen molar-refractivity contribution in [1.82, 2.24) is 24.5 Å². The molecule has 0 saturated carbocycles. The molecule has 2 fully saturated rings. The Balaban J connectivity index is 1.43. The van der Waals surface area contributed by atoms with Crippen molar-refractivity contribution in [3.05, 3.63) is 60.6 Å². The van der Waals surface area contributed by atoms with Crippen molar-refractivity contribution < 1.29 is 18.3 Å². The van der Waals surface area contributed by atoms with Crippen LogP contribution in [0.2, 0.25) is 0 Å². The third-order valence-corrected chi connectivity index (χ3v) is 9.07. The second kappa shape index (κ2) is 9.42. The highest BCUT2D eigenvalue weighted by Gasteiger charge is 2.46. The van der Waals surface area contributed by atoms with Crippen LogP contribution < -0.4 is 5.73 Å². The summed E-state index contributed by atoms with van der Waals surface area (Å²) in [4.78, 5) is 24.0. The Kier molecular flexibility index (Phi) is 6.15. The molecule has 2 bridgehead atoms. The Labute approximate surface area is 226 Å². The smallest absolute Gasteiger partial charge is 0.251 e. The molecule has 4 aromatic rings. The van der Waals surface area contributed by atoms with Gasteiger partial charge in [-0.1, -0.05) is 36.4 Å². The van der Waals surface area contributed by atoms with Crippen LogP contribution in [0.25, 0.3) is 28.0 Å². The number of carbonyl (C=O) groups is 1. The van der Waals surface area contributed by atoms with E-state index in [9.17, 15) is 18.3 Å². The van der Waals surface area contributed by atoms with E-state index in [2.05, 4.69) is 10.1 Å². The molecule has 10 nitrogen and oxygen atoms in total. The Morgan fingerprint density at radius 1 is 1.05 bits per heavy atom. The number of rotatable bonds is 5. The summed E-state index contributed by atoms with van der Waals surface area (Å²) in [6.45, 7) is 1.48. The minimum Gasteiger partial charge on any atom is -0.384 e. The van der Waals surface area contributed by atoms with Gasteiger partial charge in [-0.2, -0.15) is 9.61 Å². The predicted molar refractivity (Wildman–Crippen MR) is 146 cm³/mol. The average Bonchev–Trinajstić information content (AvgIpc) is 3.46. The number of fused-ring (bicyclic) bond motifs is 3. The van der Waals surface area contributed by atoms with Crippen LogP contribution in [0, 0.1) is 0 Å². The van der Waals surface area contributed by atoms with Gasteiger partial charge < -0.3 is 15.7 Å². The predicted octanol–water partition coefficient (Wildman–Crippen LogP) is 3.06. The van der Waals surface area contributed by atoms with E-state index in [1.165, 1.54) is 11.4 Å². The number of hydrogen-bond donors (Lipinski definition) is 2. The summed E-state index contributed by atoms with van der Waals surface area (Å²) >= 11 is 0. The van der Waals surface area contributed by atoms with Crippen molar-refractivity contribution in [3.63, 3.8) is 0 Å². The molecule has 3 N–H and O–H groups in total. The van der Waals surface area contributed by atoms with E-state index in [-0.39, 0.29) is 34.6 Å².